The fourth-order valence-corrected chi connectivity index (χ4v) is 4.58. The monoisotopic (exact) mass is 571 g/mol. The molecule has 12 nitrogen and oxygen atoms in total. The summed E-state index contributed by atoms with van der Waals surface area (Å²) in [6.45, 7) is 10.5. The summed E-state index contributed by atoms with van der Waals surface area (Å²) >= 11 is 0. The zero-order valence-electron chi connectivity index (χ0n) is 24.4. The highest BCUT2D eigenvalue weighted by Gasteiger charge is 2.23. The predicted octanol–water partition coefficient (Wildman–Crippen LogP) is 4.24. The van der Waals surface area contributed by atoms with E-state index in [4.69, 9.17) is 19.2 Å². The largest absolute Gasteiger partial charge is 0.489 e. The maximum absolute atomic E-state index is 5.87. The van der Waals surface area contributed by atoms with Crippen LogP contribution >= 0.6 is 0 Å². The highest BCUT2D eigenvalue weighted by Crippen LogP contribution is 2.25. The molecule has 5 rings (SSSR count). The molecule has 2 aliphatic heterocycles. The standard InChI is InChI=1S/C30H37N9O3/c1-4-27(25-18-33-38(22-25)12-13-40-3)34-30-28(5-2)35-36-39(30)21-23-7-6-8-24(17-23)29-31-19-26(20-32-29)42-16-11-37-9-14-41-15-10-37/h4-8,17-20,22H,9-16,21H2,1-3H3/b27-4-,28-5?,34-30?. The minimum Gasteiger partial charge on any atom is -0.489 e. The van der Waals surface area contributed by atoms with E-state index in [9.17, 15) is 0 Å². The first-order valence-corrected chi connectivity index (χ1v) is 14.1. The van der Waals surface area contributed by atoms with Crippen molar-refractivity contribution < 1.29 is 14.2 Å². The smallest absolute Gasteiger partial charge is 0.179 e. The highest BCUT2D eigenvalue weighted by atomic mass is 16.5. The number of hydrogen-bond donors (Lipinski definition) is 0. The Bertz CT molecular complexity index is 1440. The fraction of sp³-hybridized carbons (Fsp3) is 0.400. The Morgan fingerprint density at radius 3 is 2.67 bits per heavy atom. The van der Waals surface area contributed by atoms with Gasteiger partial charge in [-0.25, -0.2) is 20.0 Å². The van der Waals surface area contributed by atoms with Gasteiger partial charge in [0.1, 0.15) is 12.3 Å². The van der Waals surface area contributed by atoms with Gasteiger partial charge in [-0.05, 0) is 25.5 Å². The van der Waals surface area contributed by atoms with E-state index >= 15 is 0 Å². The second kappa shape index (κ2) is 14.6. The third-order valence-electron chi connectivity index (χ3n) is 6.89. The summed E-state index contributed by atoms with van der Waals surface area (Å²) < 4.78 is 18.3. The third-order valence-corrected chi connectivity index (χ3v) is 6.89. The lowest BCUT2D eigenvalue weighted by Crippen LogP contribution is -2.38. The van der Waals surface area contributed by atoms with Crippen LogP contribution in [0.2, 0.25) is 0 Å². The first-order valence-electron chi connectivity index (χ1n) is 14.1. The Morgan fingerprint density at radius 1 is 1.07 bits per heavy atom. The molecule has 0 spiro atoms. The van der Waals surface area contributed by atoms with Crippen LogP contribution in [0.15, 0.2) is 82.2 Å². The molecule has 220 valence electrons. The van der Waals surface area contributed by atoms with Crippen LogP contribution < -0.4 is 4.74 Å². The summed E-state index contributed by atoms with van der Waals surface area (Å²) in [6, 6.07) is 8.09. The number of aliphatic imine (C=N–C) groups is 1. The van der Waals surface area contributed by atoms with Crippen LogP contribution in [-0.4, -0.2) is 88.7 Å². The predicted molar refractivity (Wildman–Crippen MR) is 160 cm³/mol. The van der Waals surface area contributed by atoms with Crippen LogP contribution in [0.1, 0.15) is 25.0 Å². The summed E-state index contributed by atoms with van der Waals surface area (Å²) in [5.74, 6) is 1.96. The van der Waals surface area contributed by atoms with Crippen LogP contribution in [0.3, 0.4) is 0 Å². The molecule has 2 aromatic heterocycles. The molecule has 4 heterocycles. The molecule has 0 N–H and O–H groups in total. The van der Waals surface area contributed by atoms with Gasteiger partial charge in [-0.2, -0.15) is 5.10 Å². The van der Waals surface area contributed by atoms with Crippen molar-refractivity contribution >= 4 is 11.5 Å². The minimum atomic E-state index is 0.486. The molecule has 42 heavy (non-hydrogen) atoms. The van der Waals surface area contributed by atoms with Crippen molar-refractivity contribution in [1.29, 1.82) is 0 Å². The number of morpholine rings is 1. The molecular formula is C30H37N9O3. The van der Waals surface area contributed by atoms with E-state index < -0.39 is 0 Å². The Hall–Kier alpha value is -4.26. The summed E-state index contributed by atoms with van der Waals surface area (Å²) in [6.07, 6.45) is 11.1. The van der Waals surface area contributed by atoms with E-state index in [1.807, 2.05) is 61.3 Å². The Kier molecular flexibility index (Phi) is 10.1. The van der Waals surface area contributed by atoms with Crippen molar-refractivity contribution in [2.45, 2.75) is 26.9 Å². The third kappa shape index (κ3) is 7.52. The normalized spacial score (nSPS) is 18.0. The molecule has 0 radical (unpaired) electrons. The van der Waals surface area contributed by atoms with Gasteiger partial charge in [-0.15, -0.1) is 5.11 Å². The number of ether oxygens (including phenoxy) is 3. The first kappa shape index (κ1) is 29.2. The molecule has 0 bridgehead atoms. The number of hydrogen-bond acceptors (Lipinski definition) is 10. The summed E-state index contributed by atoms with van der Waals surface area (Å²) in [7, 11) is 1.68. The van der Waals surface area contributed by atoms with Gasteiger partial charge in [0.25, 0.3) is 0 Å². The van der Waals surface area contributed by atoms with Gasteiger partial charge < -0.3 is 14.2 Å². The van der Waals surface area contributed by atoms with E-state index in [0.29, 0.717) is 49.4 Å². The van der Waals surface area contributed by atoms with Gasteiger partial charge in [0.15, 0.2) is 17.4 Å². The Morgan fingerprint density at radius 2 is 1.90 bits per heavy atom. The maximum atomic E-state index is 5.87. The lowest BCUT2D eigenvalue weighted by atomic mass is 10.1. The van der Waals surface area contributed by atoms with Crippen molar-refractivity contribution in [2.75, 3.05) is 53.2 Å². The Labute approximate surface area is 246 Å². The molecule has 0 saturated carbocycles. The van der Waals surface area contributed by atoms with E-state index in [1.54, 1.807) is 24.5 Å². The van der Waals surface area contributed by atoms with Crippen LogP contribution in [0, 0.1) is 0 Å². The molecule has 3 aromatic rings. The summed E-state index contributed by atoms with van der Waals surface area (Å²) in [5, 5.41) is 15.0. The molecule has 0 amide bonds. The molecule has 1 aromatic carbocycles. The second-order valence-corrected chi connectivity index (χ2v) is 9.76. The van der Waals surface area contributed by atoms with Gasteiger partial charge in [0.2, 0.25) is 0 Å². The maximum Gasteiger partial charge on any atom is 0.179 e. The van der Waals surface area contributed by atoms with Gasteiger partial charge in [0.05, 0.1) is 57.2 Å². The highest BCUT2D eigenvalue weighted by molar-refractivity contribution is 6.01. The van der Waals surface area contributed by atoms with Crippen LogP contribution in [0.4, 0.5) is 0 Å². The van der Waals surface area contributed by atoms with E-state index in [-0.39, 0.29) is 0 Å². The van der Waals surface area contributed by atoms with Crippen molar-refractivity contribution in [3.8, 4) is 17.1 Å². The first-order chi connectivity index (χ1) is 20.7. The molecule has 2 aliphatic rings. The van der Waals surface area contributed by atoms with Crippen molar-refractivity contribution in [1.82, 2.24) is 29.7 Å². The number of amidine groups is 1. The van der Waals surface area contributed by atoms with Crippen molar-refractivity contribution in [3.05, 3.63) is 78.0 Å². The number of rotatable bonds is 12. The van der Waals surface area contributed by atoms with Crippen LogP contribution in [-0.2, 0) is 22.6 Å². The van der Waals surface area contributed by atoms with E-state index in [1.165, 1.54) is 0 Å². The fourth-order valence-electron chi connectivity index (χ4n) is 4.58. The zero-order chi connectivity index (χ0) is 29.1. The summed E-state index contributed by atoms with van der Waals surface area (Å²) in [5.41, 5.74) is 4.35. The lowest BCUT2D eigenvalue weighted by molar-refractivity contribution is 0.0322. The number of nitrogens with zero attached hydrogens (tertiary/aromatic N) is 9. The molecular weight excluding hydrogens is 534 g/mol. The topological polar surface area (TPSA) is 115 Å². The number of benzene rings is 1. The molecule has 12 heteroatoms. The average molecular weight is 572 g/mol. The Balaban J connectivity index is 1.25. The minimum absolute atomic E-state index is 0.486. The molecule has 1 fully saturated rings. The van der Waals surface area contributed by atoms with Crippen molar-refractivity contribution in [2.24, 2.45) is 15.3 Å². The zero-order valence-corrected chi connectivity index (χ0v) is 24.4. The van der Waals surface area contributed by atoms with Gasteiger partial charge in [0, 0.05) is 44.1 Å². The van der Waals surface area contributed by atoms with Crippen LogP contribution in [0.5, 0.6) is 5.75 Å². The quantitative estimate of drug-likeness (QED) is 0.317. The molecule has 0 aliphatic carbocycles. The van der Waals surface area contributed by atoms with Gasteiger partial charge >= 0.3 is 0 Å². The molecule has 0 unspecified atom stereocenters. The second-order valence-electron chi connectivity index (χ2n) is 9.76. The van der Waals surface area contributed by atoms with E-state index in [0.717, 1.165) is 55.2 Å². The number of methoxy groups -OCH3 is 1. The molecule has 1 saturated heterocycles. The average Bonchev–Trinajstić information content (AvgIpc) is 3.66. The number of allylic oxidation sites excluding steroid dienone is 2. The molecule has 0 atom stereocenters. The van der Waals surface area contributed by atoms with E-state index in [2.05, 4.69) is 36.4 Å². The lowest BCUT2D eigenvalue weighted by Gasteiger charge is -2.26. The SMILES string of the molecule is CC=C1N=NN(Cc2cccc(-c3ncc(OCCN4CCOCC4)cn3)c2)C1=N/C(=C\C)c1cnn(CCOC)c1. The summed E-state index contributed by atoms with van der Waals surface area (Å²) in [4.78, 5) is 16.4. The number of aromatic nitrogens is 4. The van der Waals surface area contributed by atoms with Crippen LogP contribution in [0.25, 0.3) is 17.1 Å². The van der Waals surface area contributed by atoms with Gasteiger partial charge in [-0.1, -0.05) is 35.6 Å². The van der Waals surface area contributed by atoms with Crippen molar-refractivity contribution in [3.63, 3.8) is 0 Å². The van der Waals surface area contributed by atoms with Gasteiger partial charge in [-0.3, -0.25) is 9.58 Å².